The van der Waals surface area contributed by atoms with E-state index in [4.69, 9.17) is 5.11 Å². The Morgan fingerprint density at radius 1 is 1.25 bits per heavy atom. The fourth-order valence-electron chi connectivity index (χ4n) is 1.40. The van der Waals surface area contributed by atoms with Crippen molar-refractivity contribution in [2.24, 2.45) is 0 Å². The molecule has 1 amide bonds. The summed E-state index contributed by atoms with van der Waals surface area (Å²) in [5, 5.41) is 13.1. The van der Waals surface area contributed by atoms with Gasteiger partial charge in [0.15, 0.2) is 0 Å². The molecule has 0 saturated heterocycles. The van der Waals surface area contributed by atoms with Gasteiger partial charge in [-0.15, -0.1) is 0 Å². The maximum atomic E-state index is 11.8. The van der Waals surface area contributed by atoms with Crippen molar-refractivity contribution in [1.29, 1.82) is 0 Å². The lowest BCUT2D eigenvalue weighted by Gasteiger charge is -2.09. The summed E-state index contributed by atoms with van der Waals surface area (Å²) in [6.07, 6.45) is -4.36. The summed E-state index contributed by atoms with van der Waals surface area (Å²) in [5.74, 6) is -1.69. The van der Waals surface area contributed by atoms with E-state index >= 15 is 0 Å². The molecule has 0 aliphatic heterocycles. The molecule has 0 aromatic heterocycles. The first kappa shape index (κ1) is 16.0. The van der Waals surface area contributed by atoms with E-state index in [1.54, 1.807) is 6.07 Å². The smallest absolute Gasteiger partial charge is 0.401 e. The van der Waals surface area contributed by atoms with Crippen molar-refractivity contribution in [1.82, 2.24) is 10.6 Å². The fourth-order valence-corrected chi connectivity index (χ4v) is 1.40. The predicted octanol–water partition coefficient (Wildman–Crippen LogP) is 1.15. The number of benzene rings is 1. The van der Waals surface area contributed by atoms with Crippen LogP contribution in [0.4, 0.5) is 13.2 Å². The maximum Gasteiger partial charge on any atom is 0.401 e. The third-order valence-electron chi connectivity index (χ3n) is 2.27. The van der Waals surface area contributed by atoms with E-state index in [0.717, 1.165) is 0 Å². The molecule has 0 saturated carbocycles. The van der Waals surface area contributed by atoms with Gasteiger partial charge >= 0.3 is 12.1 Å². The molecule has 3 N–H and O–H groups in total. The summed E-state index contributed by atoms with van der Waals surface area (Å²) in [6, 6.07) is 5.91. The second kappa shape index (κ2) is 6.90. The topological polar surface area (TPSA) is 78.4 Å². The molecule has 0 aliphatic carbocycles. The van der Waals surface area contributed by atoms with Crippen LogP contribution in [0.3, 0.4) is 0 Å². The first-order chi connectivity index (χ1) is 9.28. The van der Waals surface area contributed by atoms with Gasteiger partial charge in [0, 0.05) is 6.54 Å². The summed E-state index contributed by atoms with van der Waals surface area (Å²) < 4.78 is 35.5. The normalized spacial score (nSPS) is 11.2. The van der Waals surface area contributed by atoms with Crippen molar-refractivity contribution in [2.75, 3.05) is 13.1 Å². The third kappa shape index (κ3) is 6.19. The largest absolute Gasteiger partial charge is 0.478 e. The van der Waals surface area contributed by atoms with Gasteiger partial charge in [-0.1, -0.05) is 12.1 Å². The molecule has 1 aromatic rings. The molecule has 0 fully saturated rings. The van der Waals surface area contributed by atoms with E-state index in [1.807, 2.05) is 5.32 Å². The molecule has 5 nitrogen and oxygen atoms in total. The van der Waals surface area contributed by atoms with Gasteiger partial charge < -0.3 is 15.7 Å². The molecule has 0 bridgehead atoms. The summed E-state index contributed by atoms with van der Waals surface area (Å²) in [6.45, 7) is -1.65. The number of aromatic carboxylic acids is 1. The van der Waals surface area contributed by atoms with E-state index in [1.165, 1.54) is 18.2 Å². The highest BCUT2D eigenvalue weighted by Crippen LogP contribution is 2.11. The van der Waals surface area contributed by atoms with Crippen LogP contribution in [0.2, 0.25) is 0 Å². The van der Waals surface area contributed by atoms with E-state index in [2.05, 4.69) is 5.32 Å². The SMILES string of the molecule is O=C(CNCC(F)(F)F)NCc1cccc(C(=O)O)c1. The van der Waals surface area contributed by atoms with Crippen molar-refractivity contribution in [3.05, 3.63) is 35.4 Å². The molecule has 0 radical (unpaired) electrons. The standard InChI is InChI=1S/C12H13F3N2O3/c13-12(14,15)7-16-6-10(18)17-5-8-2-1-3-9(4-8)11(19)20/h1-4,16H,5-7H2,(H,17,18)(H,19,20). The van der Waals surface area contributed by atoms with E-state index in [0.29, 0.717) is 5.56 Å². The molecule has 0 spiro atoms. The molecular weight excluding hydrogens is 277 g/mol. The van der Waals surface area contributed by atoms with Gasteiger partial charge in [0.2, 0.25) is 5.91 Å². The molecule has 20 heavy (non-hydrogen) atoms. The Hall–Kier alpha value is -2.09. The highest BCUT2D eigenvalue weighted by molar-refractivity contribution is 5.87. The van der Waals surface area contributed by atoms with Crippen molar-refractivity contribution in [2.45, 2.75) is 12.7 Å². The van der Waals surface area contributed by atoms with Crippen LogP contribution < -0.4 is 10.6 Å². The van der Waals surface area contributed by atoms with Gasteiger partial charge in [-0.2, -0.15) is 13.2 Å². The van der Waals surface area contributed by atoms with E-state index in [-0.39, 0.29) is 12.1 Å². The Balaban J connectivity index is 2.37. The van der Waals surface area contributed by atoms with Crippen molar-refractivity contribution >= 4 is 11.9 Å². The fraction of sp³-hybridized carbons (Fsp3) is 0.333. The maximum absolute atomic E-state index is 11.8. The number of rotatable bonds is 6. The minimum absolute atomic E-state index is 0.0493. The number of carboxylic acids is 1. The highest BCUT2D eigenvalue weighted by Gasteiger charge is 2.26. The second-order valence-electron chi connectivity index (χ2n) is 4.00. The summed E-state index contributed by atoms with van der Waals surface area (Å²) in [4.78, 5) is 22.0. The molecule has 0 heterocycles. The number of carbonyl (C=O) groups excluding carboxylic acids is 1. The Morgan fingerprint density at radius 3 is 2.55 bits per heavy atom. The molecule has 1 aromatic carbocycles. The molecule has 110 valence electrons. The number of carbonyl (C=O) groups is 2. The van der Waals surface area contributed by atoms with Crippen LogP contribution in [0, 0.1) is 0 Å². The lowest BCUT2D eigenvalue weighted by molar-refractivity contribution is -0.128. The zero-order valence-corrected chi connectivity index (χ0v) is 10.3. The number of alkyl halides is 3. The van der Waals surface area contributed by atoms with Crippen LogP contribution in [-0.2, 0) is 11.3 Å². The molecule has 0 aliphatic rings. The summed E-state index contributed by atoms with van der Waals surface area (Å²) in [5.41, 5.74) is 0.626. The zero-order chi connectivity index (χ0) is 15.2. The molecule has 0 unspecified atom stereocenters. The Labute approximate surface area is 112 Å². The van der Waals surface area contributed by atoms with Gasteiger partial charge in [-0.3, -0.25) is 4.79 Å². The predicted molar refractivity (Wildman–Crippen MR) is 64.2 cm³/mol. The first-order valence-electron chi connectivity index (χ1n) is 5.64. The van der Waals surface area contributed by atoms with Gasteiger partial charge in [0.1, 0.15) is 0 Å². The average Bonchev–Trinajstić information content (AvgIpc) is 2.35. The van der Waals surface area contributed by atoms with Crippen LogP contribution in [0.1, 0.15) is 15.9 Å². The minimum Gasteiger partial charge on any atom is -0.478 e. The number of carboxylic acid groups (broad SMARTS) is 1. The number of halogens is 3. The van der Waals surface area contributed by atoms with Crippen molar-refractivity contribution in [3.63, 3.8) is 0 Å². The van der Waals surface area contributed by atoms with Gasteiger partial charge in [-0.25, -0.2) is 4.79 Å². The highest BCUT2D eigenvalue weighted by atomic mass is 19.4. The number of amides is 1. The molecule has 0 atom stereocenters. The van der Waals surface area contributed by atoms with Crippen LogP contribution in [-0.4, -0.2) is 36.2 Å². The number of hydrogen-bond acceptors (Lipinski definition) is 3. The Morgan fingerprint density at radius 2 is 1.95 bits per heavy atom. The van der Waals surface area contributed by atoms with E-state index in [9.17, 15) is 22.8 Å². The minimum atomic E-state index is -4.36. The van der Waals surface area contributed by atoms with Crippen LogP contribution in [0.25, 0.3) is 0 Å². The number of nitrogens with one attached hydrogen (secondary N) is 2. The quantitative estimate of drug-likeness (QED) is 0.734. The Bertz CT molecular complexity index is 489. The number of hydrogen-bond donors (Lipinski definition) is 3. The van der Waals surface area contributed by atoms with Crippen molar-refractivity contribution < 1.29 is 27.9 Å². The average molecular weight is 290 g/mol. The monoisotopic (exact) mass is 290 g/mol. The van der Waals surface area contributed by atoms with Gasteiger partial charge in [0.25, 0.3) is 0 Å². The lowest BCUT2D eigenvalue weighted by Crippen LogP contribution is -2.38. The summed E-state index contributed by atoms with van der Waals surface area (Å²) in [7, 11) is 0. The first-order valence-corrected chi connectivity index (χ1v) is 5.64. The molecule has 8 heteroatoms. The van der Waals surface area contributed by atoms with Crippen LogP contribution in [0.15, 0.2) is 24.3 Å². The van der Waals surface area contributed by atoms with Crippen LogP contribution >= 0.6 is 0 Å². The third-order valence-corrected chi connectivity index (χ3v) is 2.27. The molecule has 1 rings (SSSR count). The second-order valence-corrected chi connectivity index (χ2v) is 4.00. The molecular formula is C12H13F3N2O3. The van der Waals surface area contributed by atoms with Gasteiger partial charge in [0.05, 0.1) is 18.7 Å². The Kier molecular flexibility index (Phi) is 5.51. The van der Waals surface area contributed by atoms with Gasteiger partial charge in [-0.05, 0) is 17.7 Å². The van der Waals surface area contributed by atoms with Crippen molar-refractivity contribution in [3.8, 4) is 0 Å². The zero-order valence-electron chi connectivity index (χ0n) is 10.3. The lowest BCUT2D eigenvalue weighted by atomic mass is 10.1. The van der Waals surface area contributed by atoms with Crippen LogP contribution in [0.5, 0.6) is 0 Å². The summed E-state index contributed by atoms with van der Waals surface area (Å²) >= 11 is 0. The van der Waals surface area contributed by atoms with E-state index < -0.39 is 31.1 Å².